The van der Waals surface area contributed by atoms with E-state index in [1.165, 1.54) is 17.4 Å². The molecule has 0 unspecified atom stereocenters. The zero-order chi connectivity index (χ0) is 21.3. The lowest BCUT2D eigenvalue weighted by Crippen LogP contribution is -2.15. The zero-order valence-electron chi connectivity index (χ0n) is 16.2. The molecular formula is C21H17N5O3S. The Kier molecular flexibility index (Phi) is 5.11. The number of nitrogens with zero attached hydrogens (tertiary/aromatic N) is 4. The molecule has 9 heteroatoms. The van der Waals surface area contributed by atoms with Gasteiger partial charge in [0.25, 0.3) is 11.6 Å². The average molecular weight is 419 g/mol. The summed E-state index contributed by atoms with van der Waals surface area (Å²) in [5.74, 6) is -0.0196. The molecule has 0 saturated carbocycles. The maximum absolute atomic E-state index is 12.7. The van der Waals surface area contributed by atoms with Gasteiger partial charge in [0.2, 0.25) is 5.13 Å². The van der Waals surface area contributed by atoms with Crippen LogP contribution in [0.2, 0.25) is 0 Å². The van der Waals surface area contributed by atoms with E-state index in [9.17, 15) is 14.9 Å². The summed E-state index contributed by atoms with van der Waals surface area (Å²) in [5, 5.41) is 20.9. The molecule has 2 aromatic carbocycles. The van der Waals surface area contributed by atoms with Crippen molar-refractivity contribution in [1.29, 1.82) is 0 Å². The standard InChI is InChI=1S/C21H17N5O3S/c1-13-8-9-16(11-18(13)26(28)29)20(27)23-19-10-14(2)24-25(19)21-22-17(12-30-21)15-6-4-3-5-7-15/h3-12H,1-2H3,(H,23,27). The first-order valence-electron chi connectivity index (χ1n) is 9.07. The summed E-state index contributed by atoms with van der Waals surface area (Å²) in [7, 11) is 0. The minimum atomic E-state index is -0.499. The number of aryl methyl sites for hydroxylation is 2. The number of carbonyl (C=O) groups excluding carboxylic acids is 1. The van der Waals surface area contributed by atoms with Crippen molar-refractivity contribution < 1.29 is 9.72 Å². The van der Waals surface area contributed by atoms with Gasteiger partial charge >= 0.3 is 0 Å². The third kappa shape index (κ3) is 3.83. The molecule has 0 aliphatic rings. The van der Waals surface area contributed by atoms with Crippen LogP contribution in [0.1, 0.15) is 21.6 Å². The number of hydrogen-bond donors (Lipinski definition) is 1. The van der Waals surface area contributed by atoms with Gasteiger partial charge in [-0.3, -0.25) is 14.9 Å². The van der Waals surface area contributed by atoms with E-state index in [-0.39, 0.29) is 11.3 Å². The summed E-state index contributed by atoms with van der Waals surface area (Å²) in [5.41, 5.74) is 3.10. The topological polar surface area (TPSA) is 103 Å². The molecule has 2 heterocycles. The van der Waals surface area contributed by atoms with E-state index < -0.39 is 10.8 Å². The molecule has 8 nitrogen and oxygen atoms in total. The summed E-state index contributed by atoms with van der Waals surface area (Å²) in [6, 6.07) is 15.9. The van der Waals surface area contributed by atoms with Crippen LogP contribution in [0.5, 0.6) is 0 Å². The molecule has 2 aromatic heterocycles. The van der Waals surface area contributed by atoms with Crippen molar-refractivity contribution in [3.8, 4) is 16.4 Å². The second-order valence-corrected chi connectivity index (χ2v) is 7.51. The molecule has 30 heavy (non-hydrogen) atoms. The molecule has 0 aliphatic heterocycles. The van der Waals surface area contributed by atoms with Crippen molar-refractivity contribution in [3.05, 3.63) is 86.9 Å². The smallest absolute Gasteiger partial charge is 0.273 e. The molecule has 1 N–H and O–H groups in total. The second kappa shape index (κ2) is 7.88. The van der Waals surface area contributed by atoms with Crippen LogP contribution in [0.3, 0.4) is 0 Å². The van der Waals surface area contributed by atoms with E-state index in [4.69, 9.17) is 0 Å². The Hall–Kier alpha value is -3.85. The van der Waals surface area contributed by atoms with Crippen molar-refractivity contribution in [2.45, 2.75) is 13.8 Å². The Morgan fingerprint density at radius 2 is 1.90 bits per heavy atom. The molecule has 0 fully saturated rings. The lowest BCUT2D eigenvalue weighted by Gasteiger charge is -2.07. The molecule has 1 amide bonds. The lowest BCUT2D eigenvalue weighted by molar-refractivity contribution is -0.385. The average Bonchev–Trinajstić information content (AvgIpc) is 3.35. The first-order chi connectivity index (χ1) is 14.4. The fourth-order valence-electron chi connectivity index (χ4n) is 2.97. The Morgan fingerprint density at radius 3 is 2.63 bits per heavy atom. The van der Waals surface area contributed by atoms with E-state index in [1.54, 1.807) is 29.8 Å². The van der Waals surface area contributed by atoms with Crippen molar-refractivity contribution in [2.75, 3.05) is 5.32 Å². The fourth-order valence-corrected chi connectivity index (χ4v) is 3.77. The van der Waals surface area contributed by atoms with Crippen LogP contribution < -0.4 is 5.32 Å². The van der Waals surface area contributed by atoms with Crippen LogP contribution in [0, 0.1) is 24.0 Å². The summed E-state index contributed by atoms with van der Waals surface area (Å²) < 4.78 is 1.56. The third-order valence-corrected chi connectivity index (χ3v) is 5.30. The largest absolute Gasteiger partial charge is 0.306 e. The monoisotopic (exact) mass is 419 g/mol. The van der Waals surface area contributed by atoms with Crippen LogP contribution in [0.4, 0.5) is 11.5 Å². The Labute approximate surface area is 176 Å². The van der Waals surface area contributed by atoms with Crippen LogP contribution in [0.25, 0.3) is 16.4 Å². The molecule has 4 rings (SSSR count). The van der Waals surface area contributed by atoms with Gasteiger partial charge in [0.05, 0.1) is 16.3 Å². The number of anilines is 1. The molecule has 0 spiro atoms. The number of hydrogen-bond acceptors (Lipinski definition) is 6. The van der Waals surface area contributed by atoms with Gasteiger partial charge in [-0.1, -0.05) is 36.4 Å². The third-order valence-electron chi connectivity index (χ3n) is 4.48. The number of amides is 1. The molecule has 150 valence electrons. The normalized spacial score (nSPS) is 10.7. The van der Waals surface area contributed by atoms with Gasteiger partial charge in [-0.05, 0) is 19.9 Å². The number of rotatable bonds is 5. The van der Waals surface area contributed by atoms with E-state index >= 15 is 0 Å². The van der Waals surface area contributed by atoms with Crippen LogP contribution in [0.15, 0.2) is 60.0 Å². The molecule has 0 aliphatic carbocycles. The quantitative estimate of drug-likeness (QED) is 0.371. The van der Waals surface area contributed by atoms with Crippen molar-refractivity contribution in [2.24, 2.45) is 0 Å². The molecular weight excluding hydrogens is 402 g/mol. The first kappa shape index (κ1) is 19.5. The van der Waals surface area contributed by atoms with Crippen LogP contribution in [-0.4, -0.2) is 25.6 Å². The van der Waals surface area contributed by atoms with Gasteiger partial charge in [0.1, 0.15) is 5.82 Å². The minimum absolute atomic E-state index is 0.0974. The number of aromatic nitrogens is 3. The molecule has 4 aromatic rings. The number of nitrogens with one attached hydrogen (secondary N) is 1. The zero-order valence-corrected chi connectivity index (χ0v) is 17.0. The van der Waals surface area contributed by atoms with Crippen molar-refractivity contribution in [1.82, 2.24) is 14.8 Å². The number of carbonyl (C=O) groups is 1. The number of benzene rings is 2. The minimum Gasteiger partial charge on any atom is -0.306 e. The Balaban J connectivity index is 1.63. The molecule has 0 radical (unpaired) electrons. The van der Waals surface area contributed by atoms with Crippen molar-refractivity contribution in [3.63, 3.8) is 0 Å². The number of nitro groups is 1. The SMILES string of the molecule is Cc1cc(NC(=O)c2ccc(C)c([N+](=O)[O-])c2)n(-c2nc(-c3ccccc3)cs2)n1. The van der Waals surface area contributed by atoms with E-state index in [2.05, 4.69) is 15.4 Å². The van der Waals surface area contributed by atoms with Gasteiger partial charge in [0.15, 0.2) is 0 Å². The highest BCUT2D eigenvalue weighted by Gasteiger charge is 2.18. The number of nitro benzene ring substituents is 1. The Bertz CT molecular complexity index is 1250. The summed E-state index contributed by atoms with van der Waals surface area (Å²) >= 11 is 1.40. The fraction of sp³-hybridized carbons (Fsp3) is 0.0952. The van der Waals surface area contributed by atoms with E-state index in [0.717, 1.165) is 11.3 Å². The number of thiazole rings is 1. The van der Waals surface area contributed by atoms with Gasteiger partial charge in [-0.2, -0.15) is 9.78 Å². The first-order valence-corrected chi connectivity index (χ1v) is 9.95. The molecule has 0 saturated heterocycles. The van der Waals surface area contributed by atoms with E-state index in [1.807, 2.05) is 42.6 Å². The lowest BCUT2D eigenvalue weighted by atomic mass is 10.1. The van der Waals surface area contributed by atoms with Crippen LogP contribution in [-0.2, 0) is 0 Å². The van der Waals surface area contributed by atoms with Crippen LogP contribution >= 0.6 is 11.3 Å². The second-order valence-electron chi connectivity index (χ2n) is 6.68. The summed E-state index contributed by atoms with van der Waals surface area (Å²) in [6.45, 7) is 3.44. The molecule has 0 atom stereocenters. The maximum Gasteiger partial charge on any atom is 0.273 e. The van der Waals surface area contributed by atoms with E-state index in [0.29, 0.717) is 22.2 Å². The van der Waals surface area contributed by atoms with Gasteiger partial charge in [0, 0.05) is 34.2 Å². The summed E-state index contributed by atoms with van der Waals surface area (Å²) in [4.78, 5) is 28.0. The Morgan fingerprint density at radius 1 is 1.13 bits per heavy atom. The summed E-state index contributed by atoms with van der Waals surface area (Å²) in [6.07, 6.45) is 0. The highest BCUT2D eigenvalue weighted by molar-refractivity contribution is 7.12. The van der Waals surface area contributed by atoms with Gasteiger partial charge < -0.3 is 5.32 Å². The predicted octanol–water partition coefficient (Wildman–Crippen LogP) is 4.77. The molecule has 0 bridgehead atoms. The maximum atomic E-state index is 12.7. The van der Waals surface area contributed by atoms with Gasteiger partial charge in [-0.25, -0.2) is 4.98 Å². The predicted molar refractivity (Wildman–Crippen MR) is 115 cm³/mol. The highest BCUT2D eigenvalue weighted by atomic mass is 32.1. The van der Waals surface area contributed by atoms with Gasteiger partial charge in [-0.15, -0.1) is 11.3 Å². The van der Waals surface area contributed by atoms with Crippen molar-refractivity contribution >= 4 is 28.7 Å². The highest BCUT2D eigenvalue weighted by Crippen LogP contribution is 2.27.